The molecule has 0 nitrogen and oxygen atoms in total. The Labute approximate surface area is 45.5 Å². The van der Waals surface area contributed by atoms with Crippen molar-refractivity contribution in [3.05, 3.63) is 31.2 Å². The van der Waals surface area contributed by atoms with Crippen LogP contribution in [0.3, 0.4) is 0 Å². The van der Waals surface area contributed by atoms with Crippen molar-refractivity contribution in [2.24, 2.45) is 0 Å². The van der Waals surface area contributed by atoms with E-state index in [0.717, 1.165) is 6.42 Å². The van der Waals surface area contributed by atoms with Crippen LogP contribution in [0, 0.1) is 6.92 Å². The molecule has 0 heteroatoms. The molecule has 1 radical (unpaired) electrons. The van der Waals surface area contributed by atoms with Crippen molar-refractivity contribution >= 4 is 0 Å². The lowest BCUT2D eigenvalue weighted by molar-refractivity contribution is 1.34. The Kier molecular flexibility index (Phi) is 3.39. The molecule has 0 saturated carbocycles. The summed E-state index contributed by atoms with van der Waals surface area (Å²) in [6, 6.07) is 0. The molecule has 0 aliphatic rings. The molecule has 0 amide bonds. The van der Waals surface area contributed by atoms with Crippen molar-refractivity contribution in [1.29, 1.82) is 0 Å². The van der Waals surface area contributed by atoms with Crippen molar-refractivity contribution in [3.63, 3.8) is 0 Å². The maximum absolute atomic E-state index is 3.65. The van der Waals surface area contributed by atoms with Gasteiger partial charge in [0.25, 0.3) is 0 Å². The maximum Gasteiger partial charge on any atom is -0.0345 e. The van der Waals surface area contributed by atoms with Crippen LogP contribution in [0.15, 0.2) is 24.3 Å². The molecule has 0 fully saturated rings. The molecule has 0 aromatic carbocycles. The first-order chi connectivity index (χ1) is 3.31. The average molecular weight is 95.2 g/mol. The summed E-state index contributed by atoms with van der Waals surface area (Å²) in [5.74, 6) is 0. The van der Waals surface area contributed by atoms with Gasteiger partial charge in [0.1, 0.15) is 0 Å². The van der Waals surface area contributed by atoms with Crippen molar-refractivity contribution in [3.8, 4) is 0 Å². The summed E-state index contributed by atoms with van der Waals surface area (Å²) in [6.07, 6.45) is 4.72. The zero-order valence-electron chi connectivity index (χ0n) is 4.78. The highest BCUT2D eigenvalue weighted by Crippen LogP contribution is 1.92. The third-order valence-corrected chi connectivity index (χ3v) is 0.788. The molecule has 0 saturated heterocycles. The molecule has 7 heavy (non-hydrogen) atoms. The van der Waals surface area contributed by atoms with E-state index in [-0.39, 0.29) is 0 Å². The zero-order chi connectivity index (χ0) is 5.70. The van der Waals surface area contributed by atoms with E-state index in [1.807, 2.05) is 19.1 Å². The summed E-state index contributed by atoms with van der Waals surface area (Å²) in [5, 5.41) is 0. The molecule has 0 aromatic heterocycles. The van der Waals surface area contributed by atoms with Crippen LogP contribution in [0.25, 0.3) is 0 Å². The highest BCUT2D eigenvalue weighted by Gasteiger charge is 1.71. The zero-order valence-corrected chi connectivity index (χ0v) is 4.78. The molecule has 0 bridgehead atoms. The van der Waals surface area contributed by atoms with Crippen LogP contribution in [0.5, 0.6) is 0 Å². The minimum absolute atomic E-state index is 0.859. The molecule has 0 rings (SSSR count). The summed E-state index contributed by atoms with van der Waals surface area (Å²) in [5.41, 5.74) is 1.20. The molecule has 39 valence electrons. The molecular formula is C7H11. The van der Waals surface area contributed by atoms with Gasteiger partial charge in [0.2, 0.25) is 0 Å². The molecule has 0 aliphatic carbocycles. The number of rotatable bonds is 2. The van der Waals surface area contributed by atoms with E-state index in [9.17, 15) is 0 Å². The number of hydrogen-bond donors (Lipinski definition) is 0. The van der Waals surface area contributed by atoms with Crippen molar-refractivity contribution < 1.29 is 0 Å². The Balaban J connectivity index is 3.49. The van der Waals surface area contributed by atoms with Gasteiger partial charge in [0.05, 0.1) is 0 Å². The largest absolute Gasteiger partial charge is 0.0988 e. The Bertz CT molecular complexity index is 78.0. The van der Waals surface area contributed by atoms with Crippen LogP contribution >= 0.6 is 0 Å². The predicted molar refractivity (Wildman–Crippen MR) is 33.9 cm³/mol. The van der Waals surface area contributed by atoms with Crippen LogP contribution in [0.2, 0.25) is 0 Å². The second kappa shape index (κ2) is 3.66. The average Bonchev–Trinajstić information content (AvgIpc) is 1.68. The van der Waals surface area contributed by atoms with Gasteiger partial charge in [-0.1, -0.05) is 24.3 Å². The van der Waals surface area contributed by atoms with Gasteiger partial charge < -0.3 is 0 Å². The van der Waals surface area contributed by atoms with Crippen LogP contribution in [-0.4, -0.2) is 0 Å². The van der Waals surface area contributed by atoms with Crippen LogP contribution < -0.4 is 0 Å². The fourth-order valence-electron chi connectivity index (χ4n) is 0.311. The molecule has 0 N–H and O–H groups in total. The van der Waals surface area contributed by atoms with E-state index >= 15 is 0 Å². The third kappa shape index (κ3) is 3.31. The van der Waals surface area contributed by atoms with Crippen molar-refractivity contribution in [2.75, 3.05) is 0 Å². The van der Waals surface area contributed by atoms with Gasteiger partial charge in [0, 0.05) is 0 Å². The number of hydrogen-bond acceptors (Lipinski definition) is 0. The molecule has 0 aliphatic heterocycles. The van der Waals surface area contributed by atoms with E-state index in [1.165, 1.54) is 5.57 Å². The normalized spacial score (nSPS) is 11.4. The summed E-state index contributed by atoms with van der Waals surface area (Å²) < 4.78 is 0. The fraction of sp³-hybridized carbons (Fsp3) is 0.286. The third-order valence-electron chi connectivity index (χ3n) is 0.788. The molecule has 0 unspecified atom stereocenters. The lowest BCUT2D eigenvalue weighted by Gasteiger charge is -1.83. The summed E-state index contributed by atoms with van der Waals surface area (Å²) in [6.45, 7) is 9.24. The highest BCUT2D eigenvalue weighted by atomic mass is 13.8. The van der Waals surface area contributed by atoms with Gasteiger partial charge in [0.15, 0.2) is 0 Å². The van der Waals surface area contributed by atoms with Gasteiger partial charge in [-0.3, -0.25) is 0 Å². The minimum Gasteiger partial charge on any atom is -0.0988 e. The Morgan fingerprint density at radius 2 is 2.29 bits per heavy atom. The van der Waals surface area contributed by atoms with Gasteiger partial charge in [-0.05, 0) is 20.3 Å². The monoisotopic (exact) mass is 95.1 g/mol. The van der Waals surface area contributed by atoms with E-state index < -0.39 is 0 Å². The first kappa shape index (κ1) is 6.48. The lowest BCUT2D eigenvalue weighted by atomic mass is 10.2. The topological polar surface area (TPSA) is 0 Å². The van der Waals surface area contributed by atoms with Crippen molar-refractivity contribution in [2.45, 2.75) is 13.3 Å². The van der Waals surface area contributed by atoms with Gasteiger partial charge >= 0.3 is 0 Å². The Morgan fingerprint density at radius 1 is 1.71 bits per heavy atom. The molecule has 0 atom stereocenters. The summed E-state index contributed by atoms with van der Waals surface area (Å²) in [7, 11) is 0. The molecule has 0 aromatic rings. The van der Waals surface area contributed by atoms with Crippen LogP contribution in [-0.2, 0) is 0 Å². The van der Waals surface area contributed by atoms with Gasteiger partial charge in [-0.2, -0.15) is 0 Å². The smallest absolute Gasteiger partial charge is 0.0345 e. The molecule has 0 spiro atoms. The van der Waals surface area contributed by atoms with Crippen LogP contribution in [0.1, 0.15) is 13.3 Å². The molecule has 0 heterocycles. The Hall–Kier alpha value is -0.520. The second-order valence-electron chi connectivity index (χ2n) is 1.44. The standard InChI is InChI=1S/C7H11/c1-4-6-7(3)5-2/h5-6H,1-2,4H2,3H3/b7-6+. The van der Waals surface area contributed by atoms with E-state index in [0.29, 0.717) is 0 Å². The first-order valence-corrected chi connectivity index (χ1v) is 2.39. The maximum atomic E-state index is 3.65. The van der Waals surface area contributed by atoms with E-state index in [2.05, 4.69) is 13.5 Å². The molecular weight excluding hydrogens is 84.1 g/mol. The summed E-state index contributed by atoms with van der Waals surface area (Å²) in [4.78, 5) is 0. The van der Waals surface area contributed by atoms with Crippen molar-refractivity contribution in [1.82, 2.24) is 0 Å². The highest BCUT2D eigenvalue weighted by molar-refractivity contribution is 5.12. The SMILES string of the molecule is [CH2]C/C=C(\C)C=C. The van der Waals surface area contributed by atoms with E-state index in [4.69, 9.17) is 0 Å². The minimum atomic E-state index is 0.859. The van der Waals surface area contributed by atoms with Gasteiger partial charge in [-0.15, -0.1) is 0 Å². The second-order valence-corrected chi connectivity index (χ2v) is 1.44. The van der Waals surface area contributed by atoms with Crippen LogP contribution in [0.4, 0.5) is 0 Å². The predicted octanol–water partition coefficient (Wildman–Crippen LogP) is 2.34. The van der Waals surface area contributed by atoms with Gasteiger partial charge in [-0.25, -0.2) is 0 Å². The quantitative estimate of drug-likeness (QED) is 0.462. The number of allylic oxidation sites excluding steroid dienone is 3. The van der Waals surface area contributed by atoms with E-state index in [1.54, 1.807) is 0 Å². The fourth-order valence-corrected chi connectivity index (χ4v) is 0.311. The Morgan fingerprint density at radius 3 is 2.43 bits per heavy atom. The lowest BCUT2D eigenvalue weighted by Crippen LogP contribution is -1.62. The summed E-state index contributed by atoms with van der Waals surface area (Å²) >= 11 is 0. The first-order valence-electron chi connectivity index (χ1n) is 2.39.